The van der Waals surface area contributed by atoms with Gasteiger partial charge in [0.2, 0.25) is 11.6 Å². The molecule has 0 bridgehead atoms. The van der Waals surface area contributed by atoms with E-state index in [0.29, 0.717) is 21.7 Å². The highest BCUT2D eigenvalue weighted by Crippen LogP contribution is 2.48. The predicted octanol–water partition coefficient (Wildman–Crippen LogP) is 5.93. The summed E-state index contributed by atoms with van der Waals surface area (Å²) in [6.07, 6.45) is 2.58. The molecule has 0 radical (unpaired) electrons. The van der Waals surface area contributed by atoms with Gasteiger partial charge in [0.1, 0.15) is 12.5 Å². The topological polar surface area (TPSA) is 92.8 Å². The van der Waals surface area contributed by atoms with E-state index >= 15 is 4.39 Å². The Bertz CT molecular complexity index is 1690. The largest absolute Gasteiger partial charge is 0.333 e. The van der Waals surface area contributed by atoms with Gasteiger partial charge in [0.15, 0.2) is 9.84 Å². The number of amides is 2. The number of allylic oxidation sites excluding steroid dienone is 1. The van der Waals surface area contributed by atoms with E-state index in [-0.39, 0.29) is 51.7 Å². The second-order valence-electron chi connectivity index (χ2n) is 10.3. The molecule has 1 aliphatic carbocycles. The lowest BCUT2D eigenvalue weighted by molar-refractivity contribution is -0.136. The molecule has 0 aromatic heterocycles. The maximum Gasteiger partial charge on any atom is 0.257 e. The van der Waals surface area contributed by atoms with Crippen molar-refractivity contribution < 1.29 is 27.1 Å². The third kappa shape index (κ3) is 5.51. The summed E-state index contributed by atoms with van der Waals surface area (Å²) in [6, 6.07) is 13.5. The van der Waals surface area contributed by atoms with Crippen molar-refractivity contribution in [2.75, 3.05) is 13.0 Å². The molecule has 1 heterocycles. The van der Waals surface area contributed by atoms with Crippen molar-refractivity contribution in [3.8, 4) is 0 Å². The Labute approximate surface area is 247 Å². The van der Waals surface area contributed by atoms with E-state index < -0.39 is 27.3 Å². The highest BCUT2D eigenvalue weighted by molar-refractivity contribution is 7.90. The van der Waals surface area contributed by atoms with Crippen LogP contribution in [-0.4, -0.2) is 38.1 Å². The second-order valence-corrected chi connectivity index (χ2v) is 13.2. The van der Waals surface area contributed by atoms with Gasteiger partial charge in [-0.3, -0.25) is 14.5 Å². The van der Waals surface area contributed by atoms with E-state index in [0.717, 1.165) is 19.1 Å². The zero-order chi connectivity index (χ0) is 29.7. The van der Waals surface area contributed by atoms with Gasteiger partial charge in [-0.15, -0.1) is 0 Å². The van der Waals surface area contributed by atoms with Crippen LogP contribution in [0.25, 0.3) is 5.57 Å². The lowest BCUT2D eigenvalue weighted by Gasteiger charge is -2.40. The highest BCUT2D eigenvalue weighted by atomic mass is 35.5. The first-order valence-electron chi connectivity index (χ1n) is 12.8. The molecule has 1 unspecified atom stereocenters. The number of ether oxygens (including phenoxy) is 1. The molecule has 2 amide bonds. The van der Waals surface area contributed by atoms with E-state index in [2.05, 4.69) is 11.9 Å². The maximum absolute atomic E-state index is 16.2. The summed E-state index contributed by atoms with van der Waals surface area (Å²) in [7, 11) is -3.77. The third-order valence-corrected chi connectivity index (χ3v) is 8.91. The molecule has 1 N–H and O–H groups in total. The second kappa shape index (κ2) is 10.9. The maximum atomic E-state index is 16.2. The van der Waals surface area contributed by atoms with Crippen molar-refractivity contribution in [3.63, 3.8) is 0 Å². The Morgan fingerprint density at radius 3 is 2.39 bits per heavy atom. The van der Waals surface area contributed by atoms with Gasteiger partial charge in [-0.2, -0.15) is 0 Å². The standard InChI is InChI=1S/C30H27Cl2FN2O5S/c1-17(2)20-12-24-27(25(33)13-20)30(21-7-10-22(31)11-8-21,40-16-34-28(36)18-4-5-18)35(29(24)37)15-19-6-9-23(32)14-26(19)41(3,38)39/h6-14,18H,1,4-5,15-16H2,2-3H3,(H,34,36). The summed E-state index contributed by atoms with van der Waals surface area (Å²) in [4.78, 5) is 27.8. The van der Waals surface area contributed by atoms with Crippen molar-refractivity contribution in [2.24, 2.45) is 5.92 Å². The van der Waals surface area contributed by atoms with E-state index in [1.54, 1.807) is 37.3 Å². The Hall–Kier alpha value is -3.24. The van der Waals surface area contributed by atoms with Crippen molar-refractivity contribution in [2.45, 2.75) is 36.9 Å². The summed E-state index contributed by atoms with van der Waals surface area (Å²) >= 11 is 12.3. The normalized spacial score (nSPS) is 18.4. The third-order valence-electron chi connectivity index (χ3n) is 7.25. The summed E-state index contributed by atoms with van der Waals surface area (Å²) in [5.74, 6) is -1.64. The van der Waals surface area contributed by atoms with Crippen LogP contribution in [0.2, 0.25) is 10.0 Å². The number of carbonyl (C=O) groups excluding carboxylic acids is 2. The van der Waals surface area contributed by atoms with Crippen LogP contribution in [0, 0.1) is 11.7 Å². The van der Waals surface area contributed by atoms with E-state index in [1.165, 1.54) is 29.2 Å². The molecule has 0 saturated heterocycles. The number of hydrogen-bond acceptors (Lipinski definition) is 5. The fourth-order valence-electron chi connectivity index (χ4n) is 5.06. The number of nitrogens with zero attached hydrogens (tertiary/aromatic N) is 1. The number of halogens is 3. The molecule has 7 nitrogen and oxygen atoms in total. The summed E-state index contributed by atoms with van der Waals surface area (Å²) in [5.41, 5.74) is -0.350. The monoisotopic (exact) mass is 616 g/mol. The van der Waals surface area contributed by atoms with E-state index in [1.807, 2.05) is 0 Å². The van der Waals surface area contributed by atoms with Crippen molar-refractivity contribution in [3.05, 3.63) is 105 Å². The average Bonchev–Trinajstić information content (AvgIpc) is 3.73. The van der Waals surface area contributed by atoms with Crippen LogP contribution < -0.4 is 5.32 Å². The summed E-state index contributed by atoms with van der Waals surface area (Å²) in [6.45, 7) is 4.95. The Balaban J connectivity index is 1.73. The first kappa shape index (κ1) is 29.3. The van der Waals surface area contributed by atoms with Crippen LogP contribution in [0.4, 0.5) is 4.39 Å². The summed E-state index contributed by atoms with van der Waals surface area (Å²) < 4.78 is 48.0. The fourth-order valence-corrected chi connectivity index (χ4v) is 6.37. The minimum atomic E-state index is -3.77. The number of fused-ring (bicyclic) bond motifs is 1. The van der Waals surface area contributed by atoms with E-state index in [4.69, 9.17) is 27.9 Å². The number of rotatable bonds is 9. The SMILES string of the molecule is C=C(C)c1cc(F)c2c(c1)C(=O)N(Cc1ccc(Cl)cc1S(C)(=O)=O)C2(OCNC(=O)C1CC1)c1ccc(Cl)cc1. The van der Waals surface area contributed by atoms with Crippen LogP contribution in [0.5, 0.6) is 0 Å². The first-order chi connectivity index (χ1) is 19.3. The molecule has 3 aromatic carbocycles. The average molecular weight is 618 g/mol. The molecule has 1 saturated carbocycles. The minimum Gasteiger partial charge on any atom is -0.333 e. The molecule has 0 spiro atoms. The van der Waals surface area contributed by atoms with Gasteiger partial charge >= 0.3 is 0 Å². The Morgan fingerprint density at radius 2 is 1.78 bits per heavy atom. The predicted molar refractivity (Wildman–Crippen MR) is 155 cm³/mol. The zero-order valence-corrected chi connectivity index (χ0v) is 24.7. The smallest absolute Gasteiger partial charge is 0.257 e. The van der Waals surface area contributed by atoms with Crippen LogP contribution >= 0.6 is 23.2 Å². The van der Waals surface area contributed by atoms with Crippen molar-refractivity contribution in [1.82, 2.24) is 10.2 Å². The Kier molecular flexibility index (Phi) is 7.76. The molecule has 2 aliphatic rings. The minimum absolute atomic E-state index is 0.0290. The number of sulfone groups is 1. The number of carbonyl (C=O) groups is 2. The molecular formula is C30H27Cl2FN2O5S. The van der Waals surface area contributed by atoms with Crippen LogP contribution in [0.1, 0.15) is 52.4 Å². The molecule has 1 atom stereocenters. The van der Waals surface area contributed by atoms with Crippen LogP contribution in [0.3, 0.4) is 0 Å². The lowest BCUT2D eigenvalue weighted by atomic mass is 9.91. The quantitative estimate of drug-likeness (QED) is 0.301. The van der Waals surface area contributed by atoms with E-state index in [9.17, 15) is 18.0 Å². The number of hydrogen-bond donors (Lipinski definition) is 1. The van der Waals surface area contributed by atoms with Crippen LogP contribution in [0.15, 0.2) is 66.1 Å². The number of nitrogens with one attached hydrogen (secondary N) is 1. The number of benzene rings is 3. The molecule has 214 valence electrons. The molecule has 5 rings (SSSR count). The summed E-state index contributed by atoms with van der Waals surface area (Å²) in [5, 5.41) is 3.32. The molecular weight excluding hydrogens is 590 g/mol. The molecule has 1 aliphatic heterocycles. The van der Waals surface area contributed by atoms with Crippen LogP contribution in [-0.2, 0) is 31.6 Å². The lowest BCUT2D eigenvalue weighted by Crippen LogP contribution is -2.49. The molecule has 1 fully saturated rings. The van der Waals surface area contributed by atoms with Gasteiger partial charge in [-0.05, 0) is 67.3 Å². The van der Waals surface area contributed by atoms with Gasteiger partial charge < -0.3 is 10.1 Å². The van der Waals surface area contributed by atoms with Crippen molar-refractivity contribution >= 4 is 50.4 Å². The van der Waals surface area contributed by atoms with Gasteiger partial charge in [0, 0.05) is 27.8 Å². The van der Waals surface area contributed by atoms with Gasteiger partial charge in [0.25, 0.3) is 5.91 Å². The first-order valence-corrected chi connectivity index (χ1v) is 15.5. The molecule has 41 heavy (non-hydrogen) atoms. The van der Waals surface area contributed by atoms with Gasteiger partial charge in [0.05, 0.1) is 22.6 Å². The van der Waals surface area contributed by atoms with Gasteiger partial charge in [-0.1, -0.05) is 53.6 Å². The van der Waals surface area contributed by atoms with Gasteiger partial charge in [-0.25, -0.2) is 12.8 Å². The fraction of sp³-hybridized carbons (Fsp3) is 0.267. The molecule has 11 heteroatoms. The Morgan fingerprint density at radius 1 is 1.12 bits per heavy atom. The van der Waals surface area contributed by atoms with Crippen molar-refractivity contribution in [1.29, 1.82) is 0 Å². The highest BCUT2D eigenvalue weighted by Gasteiger charge is 2.54. The zero-order valence-electron chi connectivity index (χ0n) is 22.3. The molecule has 3 aromatic rings.